The first kappa shape index (κ1) is 10.5. The van der Waals surface area contributed by atoms with Crippen molar-refractivity contribution in [3.8, 4) is 0 Å². The van der Waals surface area contributed by atoms with Crippen LogP contribution in [0.1, 0.15) is 45.4 Å². The zero-order chi connectivity index (χ0) is 9.68. The Hall–Kier alpha value is -0.570. The van der Waals surface area contributed by atoms with Crippen molar-refractivity contribution in [1.29, 1.82) is 0 Å². The molecule has 0 heterocycles. The van der Waals surface area contributed by atoms with Gasteiger partial charge in [0.2, 0.25) is 0 Å². The monoisotopic (exact) mass is 186 g/mol. The highest BCUT2D eigenvalue weighted by atomic mass is 16.5. The van der Waals surface area contributed by atoms with Crippen molar-refractivity contribution in [2.75, 3.05) is 0 Å². The SMILES string of the molecule is C[C@H](OC1CCCCCC1)C(=O)O. The smallest absolute Gasteiger partial charge is 0.332 e. The average molecular weight is 186 g/mol. The second kappa shape index (κ2) is 5.22. The largest absolute Gasteiger partial charge is 0.479 e. The third-order valence-electron chi connectivity index (χ3n) is 2.55. The Kier molecular flexibility index (Phi) is 4.22. The number of hydrogen-bond donors (Lipinski definition) is 1. The number of hydrogen-bond acceptors (Lipinski definition) is 2. The molecule has 3 heteroatoms. The molecule has 1 fully saturated rings. The van der Waals surface area contributed by atoms with Gasteiger partial charge in [-0.2, -0.15) is 0 Å². The number of carbonyl (C=O) groups is 1. The van der Waals surface area contributed by atoms with Crippen LogP contribution in [0.4, 0.5) is 0 Å². The average Bonchev–Trinajstić information content (AvgIpc) is 2.32. The van der Waals surface area contributed by atoms with Gasteiger partial charge >= 0.3 is 5.97 Å². The fourth-order valence-corrected chi connectivity index (χ4v) is 1.72. The number of rotatable bonds is 3. The molecule has 0 saturated heterocycles. The van der Waals surface area contributed by atoms with E-state index in [0.29, 0.717) is 0 Å². The second-order valence-corrected chi connectivity index (χ2v) is 3.73. The van der Waals surface area contributed by atoms with E-state index in [0.717, 1.165) is 12.8 Å². The van der Waals surface area contributed by atoms with Crippen LogP contribution in [-0.4, -0.2) is 23.3 Å². The Morgan fingerprint density at radius 2 is 1.85 bits per heavy atom. The molecule has 0 aromatic rings. The summed E-state index contributed by atoms with van der Waals surface area (Å²) in [7, 11) is 0. The normalized spacial score (nSPS) is 22.2. The molecule has 1 aliphatic rings. The molecular weight excluding hydrogens is 168 g/mol. The van der Waals surface area contributed by atoms with E-state index in [-0.39, 0.29) is 6.10 Å². The van der Waals surface area contributed by atoms with E-state index in [2.05, 4.69) is 0 Å². The maximum absolute atomic E-state index is 10.5. The van der Waals surface area contributed by atoms with Crippen LogP contribution in [0.25, 0.3) is 0 Å². The van der Waals surface area contributed by atoms with Crippen LogP contribution in [0.2, 0.25) is 0 Å². The molecule has 0 unspecified atom stereocenters. The molecule has 0 bridgehead atoms. The first-order chi connectivity index (χ1) is 6.20. The van der Waals surface area contributed by atoms with Gasteiger partial charge in [0.05, 0.1) is 6.10 Å². The Morgan fingerprint density at radius 1 is 1.31 bits per heavy atom. The molecule has 0 aromatic carbocycles. The Morgan fingerprint density at radius 3 is 2.31 bits per heavy atom. The Labute approximate surface area is 79.1 Å². The van der Waals surface area contributed by atoms with Gasteiger partial charge in [0.1, 0.15) is 0 Å². The molecule has 1 atom stereocenters. The second-order valence-electron chi connectivity index (χ2n) is 3.73. The van der Waals surface area contributed by atoms with Crippen molar-refractivity contribution in [2.24, 2.45) is 0 Å². The summed E-state index contributed by atoms with van der Waals surface area (Å²) in [5.74, 6) is -0.857. The highest BCUT2D eigenvalue weighted by Crippen LogP contribution is 2.20. The Bertz CT molecular complexity index is 160. The predicted octanol–water partition coefficient (Wildman–Crippen LogP) is 2.20. The molecule has 0 aliphatic heterocycles. The third kappa shape index (κ3) is 3.77. The maximum Gasteiger partial charge on any atom is 0.332 e. The molecule has 1 saturated carbocycles. The van der Waals surface area contributed by atoms with Crippen LogP contribution in [0.3, 0.4) is 0 Å². The van der Waals surface area contributed by atoms with E-state index >= 15 is 0 Å². The quantitative estimate of drug-likeness (QED) is 0.687. The third-order valence-corrected chi connectivity index (χ3v) is 2.55. The fourth-order valence-electron chi connectivity index (χ4n) is 1.72. The van der Waals surface area contributed by atoms with Crippen LogP contribution in [-0.2, 0) is 9.53 Å². The molecule has 0 radical (unpaired) electrons. The van der Waals surface area contributed by atoms with E-state index in [9.17, 15) is 4.79 Å². The molecule has 3 nitrogen and oxygen atoms in total. The van der Waals surface area contributed by atoms with Crippen LogP contribution < -0.4 is 0 Å². The van der Waals surface area contributed by atoms with E-state index in [1.807, 2.05) is 0 Å². The highest BCUT2D eigenvalue weighted by Gasteiger charge is 2.19. The molecule has 76 valence electrons. The molecule has 1 rings (SSSR count). The number of aliphatic carboxylic acids is 1. The lowest BCUT2D eigenvalue weighted by molar-refractivity contribution is -0.153. The summed E-state index contributed by atoms with van der Waals surface area (Å²) in [6, 6.07) is 0. The molecule has 13 heavy (non-hydrogen) atoms. The van der Waals surface area contributed by atoms with Gasteiger partial charge in [0.25, 0.3) is 0 Å². The Balaban J connectivity index is 2.29. The minimum Gasteiger partial charge on any atom is -0.479 e. The predicted molar refractivity (Wildman–Crippen MR) is 49.7 cm³/mol. The molecule has 0 spiro atoms. The van der Waals surface area contributed by atoms with Crippen molar-refractivity contribution in [3.05, 3.63) is 0 Å². The van der Waals surface area contributed by atoms with Gasteiger partial charge in [-0.05, 0) is 19.8 Å². The number of carboxylic acid groups (broad SMARTS) is 1. The van der Waals surface area contributed by atoms with E-state index in [1.54, 1.807) is 6.92 Å². The van der Waals surface area contributed by atoms with Crippen molar-refractivity contribution in [3.63, 3.8) is 0 Å². The summed E-state index contributed by atoms with van der Waals surface area (Å²) in [6.07, 6.45) is 6.46. The summed E-state index contributed by atoms with van der Waals surface area (Å²) in [5, 5.41) is 8.66. The molecule has 0 aromatic heterocycles. The molecule has 1 aliphatic carbocycles. The zero-order valence-electron chi connectivity index (χ0n) is 8.16. The van der Waals surface area contributed by atoms with Crippen molar-refractivity contribution in [2.45, 2.75) is 57.7 Å². The fraction of sp³-hybridized carbons (Fsp3) is 0.900. The van der Waals surface area contributed by atoms with Crippen molar-refractivity contribution >= 4 is 5.97 Å². The lowest BCUT2D eigenvalue weighted by Gasteiger charge is -2.18. The number of carboxylic acids is 1. The van der Waals surface area contributed by atoms with Gasteiger partial charge in [0, 0.05) is 0 Å². The van der Waals surface area contributed by atoms with Gasteiger partial charge < -0.3 is 9.84 Å². The lowest BCUT2D eigenvalue weighted by Crippen LogP contribution is -2.26. The number of ether oxygens (including phenoxy) is 1. The van der Waals surface area contributed by atoms with Crippen LogP contribution >= 0.6 is 0 Å². The van der Waals surface area contributed by atoms with Crippen LogP contribution in [0, 0.1) is 0 Å². The summed E-state index contributed by atoms with van der Waals surface area (Å²) < 4.78 is 5.43. The van der Waals surface area contributed by atoms with Gasteiger partial charge in [-0.1, -0.05) is 25.7 Å². The minimum absolute atomic E-state index is 0.175. The highest BCUT2D eigenvalue weighted by molar-refractivity contribution is 5.71. The summed E-state index contributed by atoms with van der Waals surface area (Å²) in [5.41, 5.74) is 0. The van der Waals surface area contributed by atoms with Crippen LogP contribution in [0.15, 0.2) is 0 Å². The summed E-state index contributed by atoms with van der Waals surface area (Å²) in [6.45, 7) is 1.60. The van der Waals surface area contributed by atoms with Gasteiger partial charge in [-0.25, -0.2) is 4.79 Å². The molecule has 0 amide bonds. The van der Waals surface area contributed by atoms with Crippen molar-refractivity contribution in [1.82, 2.24) is 0 Å². The topological polar surface area (TPSA) is 46.5 Å². The van der Waals surface area contributed by atoms with Crippen molar-refractivity contribution < 1.29 is 14.6 Å². The van der Waals surface area contributed by atoms with Gasteiger partial charge in [-0.15, -0.1) is 0 Å². The molecular formula is C10H18O3. The molecule has 1 N–H and O–H groups in total. The van der Waals surface area contributed by atoms with Gasteiger partial charge in [0.15, 0.2) is 6.10 Å². The standard InChI is InChI=1S/C10H18O3/c1-8(10(11)12)13-9-6-4-2-3-5-7-9/h8-9H,2-7H2,1H3,(H,11,12)/t8-/m0/s1. The maximum atomic E-state index is 10.5. The van der Waals surface area contributed by atoms with E-state index in [1.165, 1.54) is 25.7 Å². The first-order valence-electron chi connectivity index (χ1n) is 5.08. The summed E-state index contributed by atoms with van der Waals surface area (Å²) in [4.78, 5) is 10.5. The van der Waals surface area contributed by atoms with E-state index in [4.69, 9.17) is 9.84 Å². The minimum atomic E-state index is -0.857. The van der Waals surface area contributed by atoms with Gasteiger partial charge in [-0.3, -0.25) is 0 Å². The zero-order valence-corrected chi connectivity index (χ0v) is 8.16. The van der Waals surface area contributed by atoms with Crippen LogP contribution in [0.5, 0.6) is 0 Å². The summed E-state index contributed by atoms with van der Waals surface area (Å²) >= 11 is 0. The lowest BCUT2D eigenvalue weighted by atomic mass is 10.1. The first-order valence-corrected chi connectivity index (χ1v) is 5.08. The van der Waals surface area contributed by atoms with E-state index < -0.39 is 12.1 Å².